The molecule has 24 heavy (non-hydrogen) atoms. The summed E-state index contributed by atoms with van der Waals surface area (Å²) in [5.74, 6) is -2.52. The molecule has 0 bridgehead atoms. The zero-order valence-electron chi connectivity index (χ0n) is 12.9. The fourth-order valence-electron chi connectivity index (χ4n) is 1.86. The summed E-state index contributed by atoms with van der Waals surface area (Å²) < 4.78 is 29.9. The van der Waals surface area contributed by atoms with Crippen LogP contribution in [0.1, 0.15) is 6.92 Å². The molecular weight excluding hydrogens is 356 g/mol. The highest BCUT2D eigenvalue weighted by Gasteiger charge is 2.22. The number of benzene rings is 1. The Morgan fingerprint density at radius 1 is 1.25 bits per heavy atom. The number of amides is 1. The smallest absolute Gasteiger partial charge is 0.325 e. The molecule has 0 aliphatic carbocycles. The second-order valence-electron chi connectivity index (χ2n) is 4.77. The van der Waals surface area contributed by atoms with Gasteiger partial charge in [-0.15, -0.1) is 0 Å². The van der Waals surface area contributed by atoms with Gasteiger partial charge >= 0.3 is 5.97 Å². The molecule has 0 spiro atoms. The van der Waals surface area contributed by atoms with Gasteiger partial charge in [-0.2, -0.15) is 4.99 Å². The van der Waals surface area contributed by atoms with Gasteiger partial charge in [-0.1, -0.05) is 23.5 Å². The SMILES string of the molecule is COC(=O)Cn1c(=NC(=O)CS(=O)(=O)C(C)=O)sc2ccccc21. The number of thiazole rings is 1. The first kappa shape index (κ1) is 18.0. The van der Waals surface area contributed by atoms with E-state index in [-0.39, 0.29) is 11.3 Å². The van der Waals surface area contributed by atoms with Gasteiger partial charge in [0, 0.05) is 6.92 Å². The Labute approximate surface area is 141 Å². The third kappa shape index (κ3) is 3.95. The summed E-state index contributed by atoms with van der Waals surface area (Å²) in [5.41, 5.74) is 0.661. The molecule has 0 N–H and O–H groups in total. The van der Waals surface area contributed by atoms with Crippen LogP contribution in [0.2, 0.25) is 0 Å². The maximum absolute atomic E-state index is 11.9. The number of sulfone groups is 1. The quantitative estimate of drug-likeness (QED) is 0.714. The lowest BCUT2D eigenvalue weighted by Crippen LogP contribution is -2.25. The number of fused-ring (bicyclic) bond motifs is 1. The van der Waals surface area contributed by atoms with Crippen molar-refractivity contribution in [3.63, 3.8) is 0 Å². The predicted molar refractivity (Wildman–Crippen MR) is 86.9 cm³/mol. The fraction of sp³-hybridized carbons (Fsp3) is 0.286. The van der Waals surface area contributed by atoms with Crippen LogP contribution in [0, 0.1) is 0 Å². The predicted octanol–water partition coefficient (Wildman–Crippen LogP) is 0.264. The van der Waals surface area contributed by atoms with Crippen LogP contribution in [0.25, 0.3) is 10.2 Å². The first-order chi connectivity index (χ1) is 11.2. The number of nitrogens with zero attached hydrogens (tertiary/aromatic N) is 2. The Kier molecular flexibility index (Phi) is 5.30. The lowest BCUT2D eigenvalue weighted by molar-refractivity contribution is -0.141. The van der Waals surface area contributed by atoms with Gasteiger partial charge in [-0.25, -0.2) is 8.42 Å². The molecule has 0 aliphatic rings. The van der Waals surface area contributed by atoms with Crippen LogP contribution in [0.3, 0.4) is 0 Å². The van der Waals surface area contributed by atoms with E-state index in [0.717, 1.165) is 23.0 Å². The number of aromatic nitrogens is 1. The zero-order chi connectivity index (χ0) is 17.9. The molecule has 128 valence electrons. The fourth-order valence-corrected chi connectivity index (χ4v) is 3.50. The van der Waals surface area contributed by atoms with Gasteiger partial charge in [0.25, 0.3) is 5.91 Å². The average molecular weight is 370 g/mol. The molecule has 10 heteroatoms. The first-order valence-corrected chi connectivity index (χ1v) is 9.17. The highest BCUT2D eigenvalue weighted by atomic mass is 32.2. The van der Waals surface area contributed by atoms with E-state index in [1.165, 1.54) is 11.7 Å². The second kappa shape index (κ2) is 7.05. The molecular formula is C14H14N2O6S2. The first-order valence-electron chi connectivity index (χ1n) is 6.70. The number of hydrogen-bond acceptors (Lipinski definition) is 7. The van der Waals surface area contributed by atoms with Gasteiger partial charge in [-0.3, -0.25) is 14.4 Å². The lowest BCUT2D eigenvalue weighted by atomic mass is 10.3. The molecule has 8 nitrogen and oxygen atoms in total. The Bertz CT molecular complexity index is 984. The van der Waals surface area contributed by atoms with Crippen molar-refractivity contribution in [2.24, 2.45) is 4.99 Å². The van der Waals surface area contributed by atoms with Crippen molar-refractivity contribution >= 4 is 48.4 Å². The zero-order valence-corrected chi connectivity index (χ0v) is 14.5. The molecule has 1 amide bonds. The summed E-state index contributed by atoms with van der Waals surface area (Å²) in [4.78, 5) is 38.4. The number of esters is 1. The molecule has 2 rings (SSSR count). The van der Waals surface area contributed by atoms with E-state index in [0.29, 0.717) is 5.52 Å². The van der Waals surface area contributed by atoms with Crippen LogP contribution >= 0.6 is 11.3 Å². The molecule has 0 atom stereocenters. The van der Waals surface area contributed by atoms with E-state index in [1.54, 1.807) is 24.3 Å². The Morgan fingerprint density at radius 2 is 1.92 bits per heavy atom. The largest absolute Gasteiger partial charge is 0.468 e. The van der Waals surface area contributed by atoms with Gasteiger partial charge in [0.2, 0.25) is 15.0 Å². The summed E-state index contributed by atoms with van der Waals surface area (Å²) >= 11 is 1.13. The molecule has 0 unspecified atom stereocenters. The summed E-state index contributed by atoms with van der Waals surface area (Å²) in [6.07, 6.45) is 0. The van der Waals surface area contributed by atoms with Gasteiger partial charge in [-0.05, 0) is 12.1 Å². The van der Waals surface area contributed by atoms with Crippen molar-refractivity contribution in [2.45, 2.75) is 13.5 Å². The van der Waals surface area contributed by atoms with Crippen LogP contribution in [0.5, 0.6) is 0 Å². The number of rotatable bonds is 4. The van der Waals surface area contributed by atoms with Crippen molar-refractivity contribution in [1.29, 1.82) is 0 Å². The minimum atomic E-state index is -4.17. The molecule has 0 saturated heterocycles. The standard InChI is InChI=1S/C14H14N2O6S2/c1-9(17)24(20,21)8-12(18)15-14-16(7-13(19)22-2)10-5-3-4-6-11(10)23-14/h3-6H,7-8H2,1-2H3. The second-order valence-corrected chi connectivity index (χ2v) is 7.87. The highest BCUT2D eigenvalue weighted by molar-refractivity contribution is 8.06. The van der Waals surface area contributed by atoms with Crippen LogP contribution in [-0.2, 0) is 35.5 Å². The van der Waals surface area contributed by atoms with Gasteiger partial charge in [0.15, 0.2) is 4.80 Å². The third-order valence-electron chi connectivity index (χ3n) is 3.07. The van der Waals surface area contributed by atoms with Crippen molar-refractivity contribution in [2.75, 3.05) is 12.9 Å². The summed E-state index contributed by atoms with van der Waals surface area (Å²) in [5, 5.41) is -1.09. The third-order valence-corrected chi connectivity index (χ3v) is 5.64. The van der Waals surface area contributed by atoms with E-state index in [1.807, 2.05) is 0 Å². The van der Waals surface area contributed by atoms with Crippen LogP contribution in [0.4, 0.5) is 0 Å². The normalized spacial score (nSPS) is 12.3. The molecule has 1 heterocycles. The van der Waals surface area contributed by atoms with E-state index < -0.39 is 32.6 Å². The molecule has 1 aromatic heterocycles. The molecule has 0 aliphatic heterocycles. The highest BCUT2D eigenvalue weighted by Crippen LogP contribution is 2.16. The Balaban J connectivity index is 2.50. The summed E-state index contributed by atoms with van der Waals surface area (Å²) in [6.45, 7) is 0.700. The number of methoxy groups -OCH3 is 1. The number of carbonyl (C=O) groups excluding carboxylic acids is 3. The van der Waals surface area contributed by atoms with Crippen molar-refractivity contribution in [3.8, 4) is 0 Å². The monoisotopic (exact) mass is 370 g/mol. The van der Waals surface area contributed by atoms with Crippen molar-refractivity contribution in [1.82, 2.24) is 4.57 Å². The van der Waals surface area contributed by atoms with Gasteiger partial charge in [0.1, 0.15) is 12.3 Å². The molecule has 1 aromatic carbocycles. The average Bonchev–Trinajstić information content (AvgIpc) is 2.84. The molecule has 2 aromatic rings. The summed E-state index contributed by atoms with van der Waals surface area (Å²) in [7, 11) is -2.93. The van der Waals surface area contributed by atoms with Gasteiger partial charge < -0.3 is 9.30 Å². The number of para-hydroxylation sites is 1. The van der Waals surface area contributed by atoms with Crippen LogP contribution < -0.4 is 4.80 Å². The topological polar surface area (TPSA) is 112 Å². The molecule has 0 fully saturated rings. The maximum atomic E-state index is 11.9. The summed E-state index contributed by atoms with van der Waals surface area (Å²) in [6, 6.07) is 7.07. The van der Waals surface area contributed by atoms with Gasteiger partial charge in [0.05, 0.1) is 17.3 Å². The van der Waals surface area contributed by atoms with E-state index in [4.69, 9.17) is 0 Å². The minimum Gasteiger partial charge on any atom is -0.468 e. The molecule has 0 saturated carbocycles. The number of ether oxygens (including phenoxy) is 1. The Morgan fingerprint density at radius 3 is 2.54 bits per heavy atom. The van der Waals surface area contributed by atoms with E-state index in [2.05, 4.69) is 9.73 Å². The minimum absolute atomic E-state index is 0.158. The lowest BCUT2D eigenvalue weighted by Gasteiger charge is -2.03. The van der Waals surface area contributed by atoms with Crippen LogP contribution in [-0.4, -0.2) is 42.8 Å². The number of hydrogen-bond donors (Lipinski definition) is 0. The van der Waals surface area contributed by atoms with E-state index >= 15 is 0 Å². The Hall–Kier alpha value is -2.33. The molecule has 0 radical (unpaired) electrons. The maximum Gasteiger partial charge on any atom is 0.325 e. The van der Waals surface area contributed by atoms with Crippen LogP contribution in [0.15, 0.2) is 29.3 Å². The van der Waals surface area contributed by atoms with Crippen molar-refractivity contribution in [3.05, 3.63) is 29.1 Å². The van der Waals surface area contributed by atoms with E-state index in [9.17, 15) is 22.8 Å². The van der Waals surface area contributed by atoms with Crippen molar-refractivity contribution < 1.29 is 27.5 Å². The number of carbonyl (C=O) groups is 3.